The minimum absolute atomic E-state index is 0.00762. The molecule has 27 heavy (non-hydrogen) atoms. The molecule has 5 heteroatoms. The van der Waals surface area contributed by atoms with Crippen molar-refractivity contribution in [2.45, 2.75) is 82.5 Å². The van der Waals surface area contributed by atoms with Crippen molar-refractivity contribution in [2.75, 3.05) is 0 Å². The van der Waals surface area contributed by atoms with E-state index in [4.69, 9.17) is 4.74 Å². The highest BCUT2D eigenvalue weighted by Gasteiger charge is 2.57. The van der Waals surface area contributed by atoms with E-state index in [2.05, 4.69) is 29.6 Å². The number of ether oxygens (including phenoxy) is 1. The Morgan fingerprint density at radius 3 is 2.52 bits per heavy atom. The smallest absolute Gasteiger partial charge is 0.411 e. The molecule has 1 aliphatic heterocycles. The predicted molar refractivity (Wildman–Crippen MR) is 103 cm³/mol. The molecule has 5 atom stereocenters. The number of piperidine rings is 1. The van der Waals surface area contributed by atoms with Gasteiger partial charge in [-0.15, -0.1) is 0 Å². The lowest BCUT2D eigenvalue weighted by Crippen LogP contribution is -2.51. The zero-order valence-electron chi connectivity index (χ0n) is 16.5. The maximum Gasteiger partial charge on any atom is 0.411 e. The number of hydrogen-bond donors (Lipinski definition) is 1. The largest absolute Gasteiger partial charge is 0.444 e. The third-order valence-electron chi connectivity index (χ3n) is 6.06. The summed E-state index contributed by atoms with van der Waals surface area (Å²) in [5.74, 6) is 0.969. The van der Waals surface area contributed by atoms with Crippen LogP contribution in [0.2, 0.25) is 0 Å². The summed E-state index contributed by atoms with van der Waals surface area (Å²) < 4.78 is 5.55. The first-order valence-electron chi connectivity index (χ1n) is 10.2. The van der Waals surface area contributed by atoms with E-state index in [0.717, 1.165) is 32.1 Å². The average molecular weight is 370 g/mol. The molecule has 0 aromatic heterocycles. The molecule has 3 aliphatic rings. The van der Waals surface area contributed by atoms with E-state index < -0.39 is 5.60 Å². The Bertz CT molecular complexity index is 712. The Hall–Kier alpha value is -2.04. The van der Waals surface area contributed by atoms with Crippen LogP contribution in [0, 0.1) is 5.92 Å². The Morgan fingerprint density at radius 1 is 1.07 bits per heavy atom. The van der Waals surface area contributed by atoms with Gasteiger partial charge < -0.3 is 10.1 Å². The van der Waals surface area contributed by atoms with Crippen molar-refractivity contribution in [3.8, 4) is 0 Å². The highest BCUT2D eigenvalue weighted by molar-refractivity contribution is 5.87. The van der Waals surface area contributed by atoms with Gasteiger partial charge in [0.05, 0.1) is 0 Å². The number of benzene rings is 1. The van der Waals surface area contributed by atoms with Crippen molar-refractivity contribution in [1.29, 1.82) is 0 Å². The number of carbonyl (C=O) groups excluding carboxylic acids is 2. The van der Waals surface area contributed by atoms with Gasteiger partial charge in [-0.2, -0.15) is 0 Å². The quantitative estimate of drug-likeness (QED) is 0.879. The summed E-state index contributed by atoms with van der Waals surface area (Å²) in [5.41, 5.74) is 0.811. The van der Waals surface area contributed by atoms with Crippen LogP contribution in [0.5, 0.6) is 0 Å². The summed E-state index contributed by atoms with van der Waals surface area (Å²) >= 11 is 0. The number of likely N-dealkylation sites (tertiary alicyclic amines) is 1. The van der Waals surface area contributed by atoms with Crippen molar-refractivity contribution in [2.24, 2.45) is 5.92 Å². The minimum Gasteiger partial charge on any atom is -0.444 e. The van der Waals surface area contributed by atoms with Gasteiger partial charge in [-0.3, -0.25) is 9.69 Å². The predicted octanol–water partition coefficient (Wildman–Crippen LogP) is 3.84. The molecule has 3 fully saturated rings. The van der Waals surface area contributed by atoms with Crippen molar-refractivity contribution in [3.05, 3.63) is 35.9 Å². The van der Waals surface area contributed by atoms with Crippen LogP contribution in [0.1, 0.15) is 64.4 Å². The van der Waals surface area contributed by atoms with Crippen LogP contribution in [0.4, 0.5) is 4.79 Å². The molecule has 1 aromatic rings. The molecule has 0 bridgehead atoms. The molecule has 5 nitrogen and oxygen atoms in total. The molecular formula is C22H30N2O3. The Labute approximate surface area is 161 Å². The molecule has 0 radical (unpaired) electrons. The molecule has 1 saturated heterocycles. The van der Waals surface area contributed by atoms with Gasteiger partial charge in [-0.05, 0) is 70.3 Å². The van der Waals surface area contributed by atoms with Crippen LogP contribution in [-0.4, -0.2) is 40.6 Å². The summed E-state index contributed by atoms with van der Waals surface area (Å²) in [6.07, 6.45) is 4.49. The van der Waals surface area contributed by atoms with E-state index in [0.29, 0.717) is 11.8 Å². The van der Waals surface area contributed by atoms with E-state index >= 15 is 0 Å². The van der Waals surface area contributed by atoms with E-state index in [1.54, 1.807) is 4.90 Å². The zero-order chi connectivity index (χ0) is 19.2. The molecule has 2 unspecified atom stereocenters. The van der Waals surface area contributed by atoms with Gasteiger partial charge in [0.25, 0.3) is 0 Å². The van der Waals surface area contributed by atoms with Gasteiger partial charge >= 0.3 is 6.09 Å². The highest BCUT2D eigenvalue weighted by Crippen LogP contribution is 2.48. The Morgan fingerprint density at radius 2 is 1.81 bits per heavy atom. The molecule has 2 amide bonds. The second-order valence-electron chi connectivity index (χ2n) is 9.33. The van der Waals surface area contributed by atoms with Gasteiger partial charge in [-0.1, -0.05) is 30.3 Å². The number of rotatable bonds is 3. The van der Waals surface area contributed by atoms with Gasteiger partial charge in [0, 0.05) is 12.1 Å². The normalized spacial score (nSPS) is 32.1. The SMILES string of the molecule is CC(C)(C)OC(=O)N1[C@@H]2C[C@@H]2C[C@H]1C(=O)NC1CCC(c2ccccc2)C1. The summed E-state index contributed by atoms with van der Waals surface area (Å²) in [4.78, 5) is 27.2. The molecule has 4 rings (SSSR count). The molecule has 1 N–H and O–H groups in total. The minimum atomic E-state index is -0.542. The van der Waals surface area contributed by atoms with Gasteiger partial charge in [0.2, 0.25) is 5.91 Å². The fourth-order valence-corrected chi connectivity index (χ4v) is 4.71. The monoisotopic (exact) mass is 370 g/mol. The van der Waals surface area contributed by atoms with Gasteiger partial charge in [0.15, 0.2) is 0 Å². The van der Waals surface area contributed by atoms with E-state index in [1.165, 1.54) is 5.56 Å². The first-order chi connectivity index (χ1) is 12.8. The summed E-state index contributed by atoms with van der Waals surface area (Å²) in [5, 5.41) is 3.22. The fraction of sp³-hybridized carbons (Fsp3) is 0.636. The molecule has 2 saturated carbocycles. The third-order valence-corrected chi connectivity index (χ3v) is 6.06. The van der Waals surface area contributed by atoms with Gasteiger partial charge in [-0.25, -0.2) is 4.79 Å². The fourth-order valence-electron chi connectivity index (χ4n) is 4.71. The number of nitrogens with one attached hydrogen (secondary N) is 1. The number of carbonyl (C=O) groups is 2. The molecule has 0 spiro atoms. The van der Waals surface area contributed by atoms with Crippen LogP contribution >= 0.6 is 0 Å². The highest BCUT2D eigenvalue weighted by atomic mass is 16.6. The van der Waals surface area contributed by atoms with E-state index in [-0.39, 0.29) is 30.1 Å². The average Bonchev–Trinajstić information content (AvgIpc) is 3.04. The number of fused-ring (bicyclic) bond motifs is 1. The second-order valence-corrected chi connectivity index (χ2v) is 9.33. The summed E-state index contributed by atoms with van der Waals surface area (Å²) in [7, 11) is 0. The molecule has 2 aliphatic carbocycles. The van der Waals surface area contributed by atoms with E-state index in [1.807, 2.05) is 26.8 Å². The lowest BCUT2D eigenvalue weighted by atomic mass is 9.97. The van der Waals surface area contributed by atoms with Crippen LogP contribution in [0.3, 0.4) is 0 Å². The lowest BCUT2D eigenvalue weighted by Gasteiger charge is -2.30. The van der Waals surface area contributed by atoms with Crippen LogP contribution < -0.4 is 5.32 Å². The standard InChI is InChI=1S/C22H30N2O3/c1-22(2,3)27-21(26)24-18-12-16(18)13-19(24)20(25)23-17-10-9-15(11-17)14-7-5-4-6-8-14/h4-8,15-19H,9-13H2,1-3H3,(H,23,25)/t15?,16-,17?,18-,19+/m1/s1. The molecular weight excluding hydrogens is 340 g/mol. The molecule has 1 heterocycles. The van der Waals surface area contributed by atoms with Crippen molar-refractivity contribution < 1.29 is 14.3 Å². The maximum absolute atomic E-state index is 12.9. The maximum atomic E-state index is 12.9. The van der Waals surface area contributed by atoms with Gasteiger partial charge in [0.1, 0.15) is 11.6 Å². The van der Waals surface area contributed by atoms with E-state index in [9.17, 15) is 9.59 Å². The van der Waals surface area contributed by atoms with Crippen LogP contribution in [-0.2, 0) is 9.53 Å². The summed E-state index contributed by atoms with van der Waals surface area (Å²) in [6.45, 7) is 5.59. The third kappa shape index (κ3) is 3.97. The van der Waals surface area contributed by atoms with Crippen molar-refractivity contribution in [1.82, 2.24) is 10.2 Å². The van der Waals surface area contributed by atoms with Crippen molar-refractivity contribution in [3.63, 3.8) is 0 Å². The Balaban J connectivity index is 1.36. The topological polar surface area (TPSA) is 58.6 Å². The number of amides is 2. The first-order valence-corrected chi connectivity index (χ1v) is 10.2. The number of nitrogens with zero attached hydrogens (tertiary/aromatic N) is 1. The molecule has 1 aromatic carbocycles. The van der Waals surface area contributed by atoms with Crippen LogP contribution in [0.25, 0.3) is 0 Å². The Kier molecular flexibility index (Phi) is 4.65. The second kappa shape index (κ2) is 6.84. The molecule has 146 valence electrons. The first kappa shape index (κ1) is 18.3. The summed E-state index contributed by atoms with van der Waals surface area (Å²) in [6, 6.07) is 10.5. The number of hydrogen-bond acceptors (Lipinski definition) is 3. The van der Waals surface area contributed by atoms with Crippen molar-refractivity contribution >= 4 is 12.0 Å². The van der Waals surface area contributed by atoms with Crippen LogP contribution in [0.15, 0.2) is 30.3 Å². The lowest BCUT2D eigenvalue weighted by molar-refractivity contribution is -0.126. The zero-order valence-corrected chi connectivity index (χ0v) is 16.5.